The number of thiophene rings is 1. The summed E-state index contributed by atoms with van der Waals surface area (Å²) in [6.07, 6.45) is 3.18. The third-order valence-corrected chi connectivity index (χ3v) is 7.81. The summed E-state index contributed by atoms with van der Waals surface area (Å²) >= 11 is 2.94. The van der Waals surface area contributed by atoms with E-state index in [1.807, 2.05) is 36.4 Å². The number of pyridine rings is 1. The highest BCUT2D eigenvalue weighted by molar-refractivity contribution is 8.00. The van der Waals surface area contributed by atoms with Crippen LogP contribution in [0.15, 0.2) is 47.5 Å². The van der Waals surface area contributed by atoms with Crippen molar-refractivity contribution in [1.82, 2.24) is 9.88 Å². The van der Waals surface area contributed by atoms with Crippen LogP contribution in [0.5, 0.6) is 5.75 Å². The van der Waals surface area contributed by atoms with E-state index in [0.29, 0.717) is 23.5 Å². The molecule has 1 N–H and O–H groups in total. The topological polar surface area (TPSA) is 62.7 Å². The van der Waals surface area contributed by atoms with Gasteiger partial charge in [-0.15, -0.1) is 23.1 Å². The Morgan fingerprint density at radius 2 is 2.07 bits per heavy atom. The first-order valence-corrected chi connectivity index (χ1v) is 11.4. The number of hydrogen-bond acceptors (Lipinski definition) is 7. The van der Waals surface area contributed by atoms with Gasteiger partial charge in [-0.2, -0.15) is 0 Å². The molecule has 3 aromatic rings. The first-order chi connectivity index (χ1) is 14.0. The van der Waals surface area contributed by atoms with Crippen molar-refractivity contribution in [3.05, 3.63) is 52.3 Å². The number of fused-ring (bicyclic) bond motifs is 1. The highest BCUT2D eigenvalue weighted by Crippen LogP contribution is 2.37. The molecule has 29 heavy (non-hydrogen) atoms. The third kappa shape index (κ3) is 4.33. The number of nitrogens with zero attached hydrogens (tertiary/aromatic N) is 2. The third-order valence-electron chi connectivity index (χ3n) is 5.42. The van der Waals surface area contributed by atoms with Gasteiger partial charge in [0, 0.05) is 34.4 Å². The van der Waals surface area contributed by atoms with Gasteiger partial charge < -0.3 is 14.7 Å². The molecule has 5 nitrogen and oxygen atoms in total. The lowest BCUT2D eigenvalue weighted by molar-refractivity contribution is -0.0172. The molecule has 0 aliphatic carbocycles. The molecule has 0 atom stereocenters. The van der Waals surface area contributed by atoms with Crippen LogP contribution in [0.1, 0.15) is 27.4 Å². The lowest BCUT2D eigenvalue weighted by Crippen LogP contribution is -2.40. The molecule has 0 radical (unpaired) electrons. The molecule has 0 spiro atoms. The fourth-order valence-corrected chi connectivity index (χ4v) is 5.64. The van der Waals surface area contributed by atoms with E-state index in [1.165, 1.54) is 23.1 Å². The predicted molar refractivity (Wildman–Crippen MR) is 118 cm³/mol. The molecule has 1 aliphatic heterocycles. The van der Waals surface area contributed by atoms with Gasteiger partial charge in [-0.3, -0.25) is 9.78 Å². The molecular formula is C22H24N2O3S2. The van der Waals surface area contributed by atoms with Crippen LogP contribution in [-0.2, 0) is 5.60 Å². The number of methoxy groups -OCH3 is 1. The van der Waals surface area contributed by atoms with Gasteiger partial charge in [0.25, 0.3) is 0 Å². The molecule has 2 aromatic heterocycles. The van der Waals surface area contributed by atoms with E-state index < -0.39 is 5.60 Å². The average Bonchev–Trinajstić information content (AvgIpc) is 3.25. The molecule has 7 heteroatoms. The molecule has 0 amide bonds. The summed E-state index contributed by atoms with van der Waals surface area (Å²) in [6, 6.07) is 11.5. The van der Waals surface area contributed by atoms with Gasteiger partial charge in [0.15, 0.2) is 5.78 Å². The molecule has 1 saturated heterocycles. The number of aromatic nitrogens is 1. The number of hydrogen-bond donors (Lipinski definition) is 1. The summed E-state index contributed by atoms with van der Waals surface area (Å²) in [7, 11) is 3.71. The Labute approximate surface area is 178 Å². The van der Waals surface area contributed by atoms with Crippen LogP contribution in [0.4, 0.5) is 0 Å². The van der Waals surface area contributed by atoms with Crippen LogP contribution in [0.25, 0.3) is 10.9 Å². The van der Waals surface area contributed by atoms with Gasteiger partial charge in [-0.25, -0.2) is 0 Å². The Kier molecular flexibility index (Phi) is 5.92. The minimum Gasteiger partial charge on any atom is -0.497 e. The number of thioether (sulfide) groups is 1. The Morgan fingerprint density at radius 3 is 2.83 bits per heavy atom. The summed E-state index contributed by atoms with van der Waals surface area (Å²) in [4.78, 5) is 22.0. The number of piperidine rings is 1. The largest absolute Gasteiger partial charge is 0.497 e. The van der Waals surface area contributed by atoms with Crippen molar-refractivity contribution < 1.29 is 14.6 Å². The van der Waals surface area contributed by atoms with Gasteiger partial charge in [-0.1, -0.05) is 0 Å². The summed E-state index contributed by atoms with van der Waals surface area (Å²) in [5, 5.41) is 12.0. The number of benzene rings is 1. The second-order valence-corrected chi connectivity index (χ2v) is 9.50. The van der Waals surface area contributed by atoms with Crippen molar-refractivity contribution in [1.29, 1.82) is 0 Å². The van der Waals surface area contributed by atoms with E-state index in [4.69, 9.17) is 4.74 Å². The second kappa shape index (κ2) is 8.44. The number of carbonyl (C=O) groups is 1. The zero-order valence-electron chi connectivity index (χ0n) is 16.6. The Bertz CT molecular complexity index is 1030. The van der Waals surface area contributed by atoms with E-state index in [9.17, 15) is 9.90 Å². The Morgan fingerprint density at radius 1 is 1.28 bits per heavy atom. The average molecular weight is 429 g/mol. The molecule has 0 unspecified atom stereocenters. The Balaban J connectivity index is 1.47. The maximum absolute atomic E-state index is 12.8. The smallest absolute Gasteiger partial charge is 0.182 e. The van der Waals surface area contributed by atoms with Crippen LogP contribution in [0.3, 0.4) is 0 Å². The quantitative estimate of drug-likeness (QED) is 0.469. The summed E-state index contributed by atoms with van der Waals surface area (Å²) < 4.78 is 5.32. The van der Waals surface area contributed by atoms with Gasteiger partial charge >= 0.3 is 0 Å². The summed E-state index contributed by atoms with van der Waals surface area (Å²) in [5.41, 5.74) is 0.0758. The van der Waals surface area contributed by atoms with Gasteiger partial charge in [-0.05, 0) is 56.3 Å². The SMILES string of the molecule is COc1ccc2nccc(SCC(=O)c3ccc(C4(O)CCN(C)CC4)s3)c2c1. The number of ether oxygens (including phenoxy) is 1. The Hall–Kier alpha value is -1.93. The van der Waals surface area contributed by atoms with E-state index in [2.05, 4.69) is 16.9 Å². The van der Waals surface area contributed by atoms with Crippen LogP contribution in [0, 0.1) is 0 Å². The molecule has 4 rings (SSSR count). The molecule has 0 saturated carbocycles. The molecule has 0 bridgehead atoms. The predicted octanol–water partition coefficient (Wildman–Crippen LogP) is 4.19. The van der Waals surface area contributed by atoms with Crippen LogP contribution >= 0.6 is 23.1 Å². The number of likely N-dealkylation sites (tertiary alicyclic amines) is 1. The normalized spacial score (nSPS) is 16.8. The zero-order chi connectivity index (χ0) is 20.4. The number of Topliss-reactive ketones (excluding diaryl/α,β-unsaturated/α-hetero) is 1. The maximum Gasteiger partial charge on any atom is 0.182 e. The fourth-order valence-electron chi connectivity index (χ4n) is 3.54. The highest BCUT2D eigenvalue weighted by atomic mass is 32.2. The monoisotopic (exact) mass is 428 g/mol. The number of ketones is 1. The number of carbonyl (C=O) groups excluding carboxylic acids is 1. The lowest BCUT2D eigenvalue weighted by Gasteiger charge is -2.35. The van der Waals surface area contributed by atoms with Gasteiger partial charge in [0.1, 0.15) is 11.4 Å². The van der Waals surface area contributed by atoms with Gasteiger partial charge in [0.05, 0.1) is 23.3 Å². The van der Waals surface area contributed by atoms with Crippen LogP contribution < -0.4 is 4.74 Å². The zero-order valence-corrected chi connectivity index (χ0v) is 18.2. The van der Waals surface area contributed by atoms with E-state index in [1.54, 1.807) is 13.3 Å². The van der Waals surface area contributed by atoms with Crippen molar-refractivity contribution in [3.8, 4) is 5.75 Å². The minimum absolute atomic E-state index is 0.0793. The lowest BCUT2D eigenvalue weighted by atomic mass is 9.90. The maximum atomic E-state index is 12.8. The molecular weight excluding hydrogens is 404 g/mol. The molecule has 3 heterocycles. The summed E-state index contributed by atoms with van der Waals surface area (Å²) in [6.45, 7) is 1.73. The van der Waals surface area contributed by atoms with Crippen molar-refractivity contribution in [3.63, 3.8) is 0 Å². The first-order valence-electron chi connectivity index (χ1n) is 9.58. The molecule has 1 fully saturated rings. The first kappa shape index (κ1) is 20.3. The van der Waals surface area contributed by atoms with Gasteiger partial charge in [0.2, 0.25) is 0 Å². The van der Waals surface area contributed by atoms with E-state index in [0.717, 1.165) is 39.5 Å². The fraction of sp³-hybridized carbons (Fsp3) is 0.364. The number of rotatable bonds is 6. The highest BCUT2D eigenvalue weighted by Gasteiger charge is 2.34. The van der Waals surface area contributed by atoms with Crippen molar-refractivity contribution in [2.75, 3.05) is 33.0 Å². The minimum atomic E-state index is -0.805. The molecule has 1 aliphatic rings. The second-order valence-electron chi connectivity index (χ2n) is 7.40. The van der Waals surface area contributed by atoms with Crippen molar-refractivity contribution in [2.45, 2.75) is 23.3 Å². The van der Waals surface area contributed by atoms with Crippen LogP contribution in [0.2, 0.25) is 0 Å². The molecule has 152 valence electrons. The summed E-state index contributed by atoms with van der Waals surface area (Å²) in [5.74, 6) is 1.20. The van der Waals surface area contributed by atoms with Crippen LogP contribution in [-0.4, -0.2) is 53.8 Å². The standard InChI is InChI=1S/C22H24N2O3S2/c1-24-11-8-22(26,9-12-24)21-6-5-20(29-21)18(25)14-28-19-7-10-23-17-4-3-15(27-2)13-16(17)19/h3-7,10,13,26H,8-9,11-12,14H2,1-2H3. The van der Waals surface area contributed by atoms with Crippen molar-refractivity contribution >= 4 is 39.8 Å². The number of aliphatic hydroxyl groups is 1. The van der Waals surface area contributed by atoms with E-state index in [-0.39, 0.29) is 5.78 Å². The van der Waals surface area contributed by atoms with E-state index >= 15 is 0 Å². The van der Waals surface area contributed by atoms with Crippen molar-refractivity contribution in [2.24, 2.45) is 0 Å². The molecule has 1 aromatic carbocycles.